The van der Waals surface area contributed by atoms with Crippen molar-refractivity contribution in [3.8, 4) is 22.8 Å². The van der Waals surface area contributed by atoms with Crippen LogP contribution in [0.15, 0.2) is 66.3 Å². The summed E-state index contributed by atoms with van der Waals surface area (Å²) in [5.74, 6) is 1.56. The van der Waals surface area contributed by atoms with Crippen molar-refractivity contribution in [3.05, 3.63) is 66.7 Å². The molecular weight excluding hydrogens is 306 g/mol. The minimum absolute atomic E-state index is 0.190. The zero-order valence-electron chi connectivity index (χ0n) is 12.8. The lowest BCUT2D eigenvalue weighted by Gasteiger charge is -2.13. The molecule has 0 bridgehead atoms. The smallest absolute Gasteiger partial charge is 0.196 e. The Morgan fingerprint density at radius 1 is 1.13 bits per heavy atom. The third-order valence-electron chi connectivity index (χ3n) is 3.46. The summed E-state index contributed by atoms with van der Waals surface area (Å²) in [7, 11) is 0. The molecule has 23 heavy (non-hydrogen) atoms. The number of aromatic nitrogens is 3. The van der Waals surface area contributed by atoms with Crippen molar-refractivity contribution in [3.63, 3.8) is 0 Å². The molecule has 0 aliphatic carbocycles. The van der Waals surface area contributed by atoms with Crippen LogP contribution in [0.1, 0.15) is 5.56 Å². The molecule has 1 N–H and O–H groups in total. The topological polar surface area (TPSA) is 50.9 Å². The van der Waals surface area contributed by atoms with Gasteiger partial charge < -0.3 is 5.11 Å². The molecule has 0 aliphatic heterocycles. The first-order valence-corrected chi connectivity index (χ1v) is 8.24. The standard InChI is InChI=1S/C18H17N3OS/c1-3-12-23-18-20-19-17(14-9-5-7-11-16(14)22)21(18)15-10-6-4-8-13(15)2/h3-11,22H,1,12H2,2H3. The van der Waals surface area contributed by atoms with Gasteiger partial charge in [0.15, 0.2) is 11.0 Å². The SMILES string of the molecule is C=CCSc1nnc(-c2ccccc2O)n1-c1ccccc1C. The highest BCUT2D eigenvalue weighted by Gasteiger charge is 2.18. The molecule has 0 saturated carbocycles. The van der Waals surface area contributed by atoms with Crippen LogP contribution in [0, 0.1) is 6.92 Å². The summed E-state index contributed by atoms with van der Waals surface area (Å²) < 4.78 is 1.98. The molecule has 1 aromatic heterocycles. The minimum Gasteiger partial charge on any atom is -0.507 e. The van der Waals surface area contributed by atoms with Gasteiger partial charge in [-0.3, -0.25) is 4.57 Å². The second-order valence-electron chi connectivity index (χ2n) is 5.04. The lowest BCUT2D eigenvalue weighted by atomic mass is 10.1. The zero-order valence-corrected chi connectivity index (χ0v) is 13.6. The van der Waals surface area contributed by atoms with E-state index in [1.165, 1.54) is 0 Å². The second kappa shape index (κ2) is 6.71. The van der Waals surface area contributed by atoms with Crippen LogP contribution in [0.25, 0.3) is 17.1 Å². The number of hydrogen-bond acceptors (Lipinski definition) is 4. The fourth-order valence-electron chi connectivity index (χ4n) is 2.37. The zero-order chi connectivity index (χ0) is 16.2. The maximum absolute atomic E-state index is 10.2. The number of para-hydroxylation sites is 2. The molecular formula is C18H17N3OS. The number of nitrogens with zero attached hydrogens (tertiary/aromatic N) is 3. The third kappa shape index (κ3) is 3.00. The van der Waals surface area contributed by atoms with Gasteiger partial charge in [-0.15, -0.1) is 16.8 Å². The summed E-state index contributed by atoms with van der Waals surface area (Å²) in [6.45, 7) is 5.80. The minimum atomic E-state index is 0.190. The number of aromatic hydroxyl groups is 1. The molecule has 4 nitrogen and oxygen atoms in total. The molecule has 5 heteroatoms. The fraction of sp³-hybridized carbons (Fsp3) is 0.111. The van der Waals surface area contributed by atoms with E-state index < -0.39 is 0 Å². The van der Waals surface area contributed by atoms with Crippen molar-refractivity contribution in [2.75, 3.05) is 5.75 Å². The summed E-state index contributed by atoms with van der Waals surface area (Å²) in [5.41, 5.74) is 2.78. The summed E-state index contributed by atoms with van der Waals surface area (Å²) >= 11 is 1.56. The fourth-order valence-corrected chi connectivity index (χ4v) is 3.04. The lowest BCUT2D eigenvalue weighted by Crippen LogP contribution is -2.02. The Hall–Kier alpha value is -2.53. The Kier molecular flexibility index (Phi) is 4.48. The Morgan fingerprint density at radius 3 is 2.61 bits per heavy atom. The first-order chi connectivity index (χ1) is 11.2. The van der Waals surface area contributed by atoms with Crippen molar-refractivity contribution >= 4 is 11.8 Å². The van der Waals surface area contributed by atoms with E-state index in [0.717, 1.165) is 22.2 Å². The van der Waals surface area contributed by atoms with Crippen LogP contribution < -0.4 is 0 Å². The molecule has 0 radical (unpaired) electrons. The lowest BCUT2D eigenvalue weighted by molar-refractivity contribution is 0.476. The Labute approximate surface area is 139 Å². The van der Waals surface area contributed by atoms with E-state index in [1.807, 2.05) is 54.0 Å². The Morgan fingerprint density at radius 2 is 1.87 bits per heavy atom. The van der Waals surface area contributed by atoms with Gasteiger partial charge in [0.2, 0.25) is 0 Å². The van der Waals surface area contributed by atoms with Crippen LogP contribution in [-0.4, -0.2) is 25.6 Å². The number of benzene rings is 2. The van der Waals surface area contributed by atoms with Gasteiger partial charge in [0, 0.05) is 5.75 Å². The summed E-state index contributed by atoms with van der Waals surface area (Å²) in [6.07, 6.45) is 1.83. The largest absolute Gasteiger partial charge is 0.507 e. The highest BCUT2D eigenvalue weighted by Crippen LogP contribution is 2.33. The average molecular weight is 323 g/mol. The molecule has 0 saturated heterocycles. The molecule has 1 heterocycles. The van der Waals surface area contributed by atoms with Crippen molar-refractivity contribution in [1.29, 1.82) is 0 Å². The number of phenolic OH excluding ortho intramolecular Hbond substituents is 1. The van der Waals surface area contributed by atoms with E-state index in [0.29, 0.717) is 11.4 Å². The van der Waals surface area contributed by atoms with Crippen LogP contribution in [-0.2, 0) is 0 Å². The van der Waals surface area contributed by atoms with Gasteiger partial charge in [-0.25, -0.2) is 0 Å². The van der Waals surface area contributed by atoms with E-state index >= 15 is 0 Å². The van der Waals surface area contributed by atoms with Crippen LogP contribution in [0.4, 0.5) is 0 Å². The van der Waals surface area contributed by atoms with Gasteiger partial charge in [0.1, 0.15) is 5.75 Å². The first-order valence-electron chi connectivity index (χ1n) is 7.26. The average Bonchev–Trinajstić information content (AvgIpc) is 2.97. The number of phenols is 1. The molecule has 0 spiro atoms. The monoisotopic (exact) mass is 323 g/mol. The van der Waals surface area contributed by atoms with Gasteiger partial charge >= 0.3 is 0 Å². The molecule has 0 unspecified atom stereocenters. The van der Waals surface area contributed by atoms with Gasteiger partial charge in [-0.2, -0.15) is 0 Å². The van der Waals surface area contributed by atoms with Crippen LogP contribution >= 0.6 is 11.8 Å². The molecule has 0 atom stereocenters. The van der Waals surface area contributed by atoms with Crippen LogP contribution in [0.5, 0.6) is 5.75 Å². The molecule has 3 aromatic rings. The van der Waals surface area contributed by atoms with Crippen molar-refractivity contribution in [2.45, 2.75) is 12.1 Å². The molecule has 0 amide bonds. The normalized spacial score (nSPS) is 10.7. The summed E-state index contributed by atoms with van der Waals surface area (Å²) in [6, 6.07) is 15.2. The van der Waals surface area contributed by atoms with Gasteiger partial charge in [0.25, 0.3) is 0 Å². The van der Waals surface area contributed by atoms with E-state index in [4.69, 9.17) is 0 Å². The molecule has 116 valence electrons. The van der Waals surface area contributed by atoms with Gasteiger partial charge in [-0.1, -0.05) is 48.2 Å². The molecule has 3 rings (SSSR count). The molecule has 2 aromatic carbocycles. The maximum atomic E-state index is 10.2. The highest BCUT2D eigenvalue weighted by molar-refractivity contribution is 7.99. The van der Waals surface area contributed by atoms with Crippen molar-refractivity contribution in [1.82, 2.24) is 14.8 Å². The van der Waals surface area contributed by atoms with Gasteiger partial charge in [0.05, 0.1) is 11.3 Å². The van der Waals surface area contributed by atoms with E-state index in [2.05, 4.69) is 16.8 Å². The van der Waals surface area contributed by atoms with E-state index in [-0.39, 0.29) is 5.75 Å². The van der Waals surface area contributed by atoms with Crippen molar-refractivity contribution in [2.24, 2.45) is 0 Å². The Bertz CT molecular complexity index is 842. The highest BCUT2D eigenvalue weighted by atomic mass is 32.2. The number of aryl methyl sites for hydroxylation is 1. The van der Waals surface area contributed by atoms with Crippen LogP contribution in [0.2, 0.25) is 0 Å². The predicted octanol–water partition coefficient (Wildman–Crippen LogP) is 4.23. The maximum Gasteiger partial charge on any atom is 0.196 e. The predicted molar refractivity (Wildman–Crippen MR) is 94.1 cm³/mol. The number of thioether (sulfide) groups is 1. The quantitative estimate of drug-likeness (QED) is 0.564. The summed E-state index contributed by atoms with van der Waals surface area (Å²) in [5, 5.41) is 19.6. The van der Waals surface area contributed by atoms with Gasteiger partial charge in [-0.05, 0) is 30.7 Å². The van der Waals surface area contributed by atoms with Crippen LogP contribution in [0.3, 0.4) is 0 Å². The summed E-state index contributed by atoms with van der Waals surface area (Å²) in [4.78, 5) is 0. The van der Waals surface area contributed by atoms with Crippen molar-refractivity contribution < 1.29 is 5.11 Å². The van der Waals surface area contributed by atoms with E-state index in [1.54, 1.807) is 23.9 Å². The number of hydrogen-bond donors (Lipinski definition) is 1. The number of rotatable bonds is 5. The van der Waals surface area contributed by atoms with E-state index in [9.17, 15) is 5.11 Å². The first kappa shape index (κ1) is 15.4. The second-order valence-corrected chi connectivity index (χ2v) is 6.03. The third-order valence-corrected chi connectivity index (χ3v) is 4.39. The molecule has 0 fully saturated rings. The molecule has 0 aliphatic rings. The Balaban J connectivity index is 2.22.